The van der Waals surface area contributed by atoms with Crippen LogP contribution in [0.4, 0.5) is 0 Å². The van der Waals surface area contributed by atoms with Gasteiger partial charge < -0.3 is 10.6 Å². The summed E-state index contributed by atoms with van der Waals surface area (Å²) in [4.78, 5) is 22.8. The summed E-state index contributed by atoms with van der Waals surface area (Å²) in [5, 5.41) is 9.58. The van der Waals surface area contributed by atoms with E-state index in [-0.39, 0.29) is 23.8 Å². The zero-order valence-corrected chi connectivity index (χ0v) is 9.84. The van der Waals surface area contributed by atoms with Crippen molar-refractivity contribution in [3.8, 4) is 0 Å². The molecule has 0 radical (unpaired) electrons. The Kier molecular flexibility index (Phi) is 3.24. The molecule has 2 N–H and O–H groups in total. The first-order chi connectivity index (χ1) is 7.66. The highest BCUT2D eigenvalue weighted by Gasteiger charge is 2.28. The summed E-state index contributed by atoms with van der Waals surface area (Å²) in [6.45, 7) is 2.41. The van der Waals surface area contributed by atoms with Crippen LogP contribution in [-0.2, 0) is 9.59 Å². The fourth-order valence-corrected chi connectivity index (χ4v) is 2.48. The molecule has 0 spiro atoms. The predicted octanol–water partition coefficient (Wildman–Crippen LogP) is 1.06. The lowest BCUT2D eigenvalue weighted by Gasteiger charge is -2.15. The maximum atomic E-state index is 11.8. The summed E-state index contributed by atoms with van der Waals surface area (Å²) >= 11 is 1.61. The van der Waals surface area contributed by atoms with Crippen molar-refractivity contribution in [3.05, 3.63) is 22.4 Å². The molecule has 2 rings (SSSR count). The van der Waals surface area contributed by atoms with E-state index in [9.17, 15) is 9.59 Å². The van der Waals surface area contributed by atoms with Gasteiger partial charge in [-0.15, -0.1) is 0 Å². The molecule has 0 aliphatic carbocycles. The zero-order chi connectivity index (χ0) is 11.5. The molecule has 0 aromatic carbocycles. The van der Waals surface area contributed by atoms with Gasteiger partial charge in [0.05, 0.1) is 12.0 Å². The molecule has 1 saturated heterocycles. The third-order valence-corrected chi connectivity index (χ3v) is 3.45. The van der Waals surface area contributed by atoms with Gasteiger partial charge in [0.2, 0.25) is 11.8 Å². The van der Waals surface area contributed by atoms with Crippen molar-refractivity contribution in [1.82, 2.24) is 10.6 Å². The van der Waals surface area contributed by atoms with Crippen molar-refractivity contribution >= 4 is 23.2 Å². The van der Waals surface area contributed by atoms with E-state index < -0.39 is 0 Å². The summed E-state index contributed by atoms with van der Waals surface area (Å²) in [6.07, 6.45) is 0.308. The van der Waals surface area contributed by atoms with E-state index in [0.717, 1.165) is 5.56 Å². The largest absolute Gasteiger partial charge is 0.355 e. The van der Waals surface area contributed by atoms with E-state index in [1.165, 1.54) is 0 Å². The molecule has 2 unspecified atom stereocenters. The second-order valence-corrected chi connectivity index (χ2v) is 4.77. The second kappa shape index (κ2) is 4.65. The highest BCUT2D eigenvalue weighted by molar-refractivity contribution is 7.07. The third kappa shape index (κ3) is 2.41. The molecule has 1 aliphatic rings. The normalized spacial score (nSPS) is 21.6. The third-order valence-electron chi connectivity index (χ3n) is 2.75. The molecule has 4 nitrogen and oxygen atoms in total. The van der Waals surface area contributed by atoms with Gasteiger partial charge in [0.15, 0.2) is 0 Å². The molecule has 0 saturated carbocycles. The molecule has 5 heteroatoms. The molecule has 16 heavy (non-hydrogen) atoms. The van der Waals surface area contributed by atoms with Gasteiger partial charge in [0.1, 0.15) is 0 Å². The van der Waals surface area contributed by atoms with Crippen LogP contribution >= 0.6 is 11.3 Å². The van der Waals surface area contributed by atoms with E-state index in [1.807, 2.05) is 23.8 Å². The number of hydrogen-bond acceptors (Lipinski definition) is 3. The van der Waals surface area contributed by atoms with E-state index in [0.29, 0.717) is 13.0 Å². The van der Waals surface area contributed by atoms with Gasteiger partial charge in [-0.05, 0) is 29.3 Å². The Balaban J connectivity index is 1.90. The van der Waals surface area contributed by atoms with Gasteiger partial charge in [-0.25, -0.2) is 0 Å². The molecule has 1 aromatic heterocycles. The number of amides is 2. The zero-order valence-electron chi connectivity index (χ0n) is 9.03. The predicted molar refractivity (Wildman–Crippen MR) is 62.0 cm³/mol. The van der Waals surface area contributed by atoms with Crippen molar-refractivity contribution in [3.63, 3.8) is 0 Å². The Hall–Kier alpha value is -1.36. The summed E-state index contributed by atoms with van der Waals surface area (Å²) in [6, 6.07) is 2.00. The van der Waals surface area contributed by atoms with Gasteiger partial charge in [0, 0.05) is 13.0 Å². The first-order valence-electron chi connectivity index (χ1n) is 5.26. The van der Waals surface area contributed by atoms with Crippen LogP contribution in [0.1, 0.15) is 24.9 Å². The lowest BCUT2D eigenvalue weighted by molar-refractivity contribution is -0.127. The summed E-state index contributed by atoms with van der Waals surface area (Å²) in [7, 11) is 0. The monoisotopic (exact) mass is 238 g/mol. The van der Waals surface area contributed by atoms with E-state index in [2.05, 4.69) is 10.6 Å². The lowest BCUT2D eigenvalue weighted by Crippen LogP contribution is -2.33. The smallest absolute Gasteiger partial charge is 0.225 e. The van der Waals surface area contributed by atoms with Crippen LogP contribution < -0.4 is 10.6 Å². The van der Waals surface area contributed by atoms with Crippen LogP contribution in [-0.4, -0.2) is 18.4 Å². The van der Waals surface area contributed by atoms with Crippen LogP contribution in [0.3, 0.4) is 0 Å². The fraction of sp³-hybridized carbons (Fsp3) is 0.455. The number of carbonyl (C=O) groups is 2. The molecule has 1 fully saturated rings. The van der Waals surface area contributed by atoms with E-state index in [4.69, 9.17) is 0 Å². The Labute approximate surface area is 98.0 Å². The Morgan fingerprint density at radius 3 is 3.06 bits per heavy atom. The minimum atomic E-state index is -0.214. The van der Waals surface area contributed by atoms with Gasteiger partial charge in [-0.1, -0.05) is 0 Å². The molecule has 1 aromatic rings. The van der Waals surface area contributed by atoms with Crippen molar-refractivity contribution < 1.29 is 9.59 Å². The maximum Gasteiger partial charge on any atom is 0.225 e. The maximum absolute atomic E-state index is 11.8. The number of carbonyl (C=O) groups excluding carboxylic acids is 2. The standard InChI is InChI=1S/C11H14N2O2S/c1-7(8-2-3-16-6-8)13-11(15)9-4-10(14)12-5-9/h2-3,6-7,9H,4-5H2,1H3,(H,12,14)(H,13,15). The Bertz CT molecular complexity index is 389. The Morgan fingerprint density at radius 2 is 2.50 bits per heavy atom. The van der Waals surface area contributed by atoms with Crippen LogP contribution in [0.25, 0.3) is 0 Å². The molecule has 2 atom stereocenters. The minimum Gasteiger partial charge on any atom is -0.355 e. The molecular weight excluding hydrogens is 224 g/mol. The molecule has 86 valence electrons. The first kappa shape index (κ1) is 11.1. The molecule has 1 aliphatic heterocycles. The summed E-state index contributed by atoms with van der Waals surface area (Å²) in [5.74, 6) is -0.297. The number of thiophene rings is 1. The number of nitrogens with one attached hydrogen (secondary N) is 2. The van der Waals surface area contributed by atoms with Crippen molar-refractivity contribution in [1.29, 1.82) is 0 Å². The van der Waals surface area contributed by atoms with Gasteiger partial charge in [-0.3, -0.25) is 9.59 Å². The van der Waals surface area contributed by atoms with Crippen molar-refractivity contribution in [2.24, 2.45) is 5.92 Å². The van der Waals surface area contributed by atoms with E-state index in [1.54, 1.807) is 11.3 Å². The molecule has 2 amide bonds. The van der Waals surface area contributed by atoms with Crippen LogP contribution in [0.15, 0.2) is 16.8 Å². The van der Waals surface area contributed by atoms with E-state index >= 15 is 0 Å². The summed E-state index contributed by atoms with van der Waals surface area (Å²) < 4.78 is 0. The molecule has 2 heterocycles. The molecular formula is C11H14N2O2S. The van der Waals surface area contributed by atoms with Crippen LogP contribution in [0, 0.1) is 5.92 Å². The topological polar surface area (TPSA) is 58.2 Å². The quantitative estimate of drug-likeness (QED) is 0.827. The van der Waals surface area contributed by atoms with Crippen LogP contribution in [0.5, 0.6) is 0 Å². The second-order valence-electron chi connectivity index (χ2n) is 3.99. The van der Waals surface area contributed by atoms with Crippen LogP contribution in [0.2, 0.25) is 0 Å². The number of rotatable bonds is 3. The SMILES string of the molecule is CC(NC(=O)C1CNC(=O)C1)c1ccsc1. The fourth-order valence-electron chi connectivity index (χ4n) is 1.73. The van der Waals surface area contributed by atoms with Crippen molar-refractivity contribution in [2.75, 3.05) is 6.54 Å². The first-order valence-corrected chi connectivity index (χ1v) is 6.20. The average Bonchev–Trinajstić information content (AvgIpc) is 2.87. The number of hydrogen-bond donors (Lipinski definition) is 2. The lowest BCUT2D eigenvalue weighted by atomic mass is 10.1. The molecule has 0 bridgehead atoms. The van der Waals surface area contributed by atoms with Gasteiger partial charge in [-0.2, -0.15) is 11.3 Å². The highest BCUT2D eigenvalue weighted by Crippen LogP contribution is 2.17. The summed E-state index contributed by atoms with van der Waals surface area (Å²) in [5.41, 5.74) is 1.11. The highest BCUT2D eigenvalue weighted by atomic mass is 32.1. The minimum absolute atomic E-state index is 0.00875. The van der Waals surface area contributed by atoms with Gasteiger partial charge in [0.25, 0.3) is 0 Å². The van der Waals surface area contributed by atoms with Crippen molar-refractivity contribution in [2.45, 2.75) is 19.4 Å². The average molecular weight is 238 g/mol. The van der Waals surface area contributed by atoms with Gasteiger partial charge >= 0.3 is 0 Å². The Morgan fingerprint density at radius 1 is 1.69 bits per heavy atom.